The zero-order chi connectivity index (χ0) is 23.5. The van der Waals surface area contributed by atoms with Gasteiger partial charge in [-0.05, 0) is 135 Å². The highest BCUT2D eigenvalue weighted by Crippen LogP contribution is 2.78. The van der Waals surface area contributed by atoms with E-state index in [-0.39, 0.29) is 11.5 Å². The van der Waals surface area contributed by atoms with Crippen molar-refractivity contribution in [1.29, 1.82) is 0 Å². The van der Waals surface area contributed by atoms with Gasteiger partial charge >= 0.3 is 0 Å². The van der Waals surface area contributed by atoms with Gasteiger partial charge in [0.2, 0.25) is 0 Å². The molecule has 2 nitrogen and oxygen atoms in total. The van der Waals surface area contributed by atoms with Crippen molar-refractivity contribution in [2.75, 3.05) is 0 Å². The zero-order valence-corrected chi connectivity index (χ0v) is 22.4. The van der Waals surface area contributed by atoms with E-state index in [4.69, 9.17) is 0 Å². The van der Waals surface area contributed by atoms with Crippen LogP contribution in [0.25, 0.3) is 0 Å². The van der Waals surface area contributed by atoms with Crippen LogP contribution in [0.3, 0.4) is 0 Å². The third-order valence-corrected chi connectivity index (χ3v) is 13.8. The minimum atomic E-state index is -0.544. The first kappa shape index (κ1) is 23.7. The number of rotatable bonds is 1. The molecule has 5 rings (SSSR count). The molecule has 5 fully saturated rings. The Kier molecular flexibility index (Phi) is 5.01. The lowest BCUT2D eigenvalue weighted by molar-refractivity contribution is -0.253. The van der Waals surface area contributed by atoms with Crippen LogP contribution in [-0.2, 0) is 0 Å². The molecule has 2 N–H and O–H groups in total. The van der Waals surface area contributed by atoms with Crippen LogP contribution in [-0.4, -0.2) is 21.9 Å². The molecule has 0 spiro atoms. The first-order valence-corrected chi connectivity index (χ1v) is 14.0. The molecular formula is C30H52O2. The number of aliphatic hydroxyl groups excluding tert-OH is 1. The van der Waals surface area contributed by atoms with Crippen molar-refractivity contribution in [3.05, 3.63) is 0 Å². The van der Waals surface area contributed by atoms with E-state index in [2.05, 4.69) is 55.4 Å². The molecule has 10 unspecified atom stereocenters. The third kappa shape index (κ3) is 2.72. The summed E-state index contributed by atoms with van der Waals surface area (Å²) in [6, 6.07) is 0. The lowest BCUT2D eigenvalue weighted by Crippen LogP contribution is -2.67. The molecule has 0 aromatic carbocycles. The topological polar surface area (TPSA) is 40.5 Å². The fourth-order valence-corrected chi connectivity index (χ4v) is 12.0. The molecule has 10 atom stereocenters. The molecule has 0 bridgehead atoms. The quantitative estimate of drug-likeness (QED) is 0.448. The summed E-state index contributed by atoms with van der Waals surface area (Å²) in [6.07, 6.45) is 12.6. The van der Waals surface area contributed by atoms with E-state index in [9.17, 15) is 10.2 Å². The van der Waals surface area contributed by atoms with Crippen LogP contribution < -0.4 is 0 Å². The van der Waals surface area contributed by atoms with Crippen molar-refractivity contribution >= 4 is 0 Å². The van der Waals surface area contributed by atoms with E-state index in [1.807, 2.05) is 0 Å². The van der Waals surface area contributed by atoms with E-state index >= 15 is 0 Å². The summed E-state index contributed by atoms with van der Waals surface area (Å²) in [7, 11) is 0. The van der Waals surface area contributed by atoms with E-state index in [0.29, 0.717) is 39.4 Å². The smallest absolute Gasteiger partial charge is 0.0622 e. The Labute approximate surface area is 198 Å². The maximum atomic E-state index is 11.0. The summed E-state index contributed by atoms with van der Waals surface area (Å²) in [4.78, 5) is 0. The van der Waals surface area contributed by atoms with Crippen LogP contribution in [0.15, 0.2) is 0 Å². The van der Waals surface area contributed by atoms with Gasteiger partial charge < -0.3 is 10.2 Å². The summed E-state index contributed by atoms with van der Waals surface area (Å²) < 4.78 is 0. The molecule has 0 aliphatic heterocycles. The first-order valence-electron chi connectivity index (χ1n) is 14.0. The molecule has 0 aromatic rings. The van der Waals surface area contributed by atoms with Gasteiger partial charge in [-0.15, -0.1) is 0 Å². The number of aliphatic hydroxyl groups is 2. The normalized spacial score (nSPS) is 57.2. The largest absolute Gasteiger partial charge is 0.393 e. The van der Waals surface area contributed by atoms with Crippen LogP contribution in [0.2, 0.25) is 0 Å². The second kappa shape index (κ2) is 6.77. The molecule has 2 heteroatoms. The Morgan fingerprint density at radius 3 is 1.75 bits per heavy atom. The van der Waals surface area contributed by atoms with Crippen molar-refractivity contribution in [2.45, 2.75) is 131 Å². The second-order valence-electron chi connectivity index (χ2n) is 15.4. The van der Waals surface area contributed by atoms with Gasteiger partial charge in [0, 0.05) is 0 Å². The van der Waals surface area contributed by atoms with Crippen LogP contribution in [0.1, 0.15) is 120 Å². The van der Waals surface area contributed by atoms with Crippen molar-refractivity contribution in [3.63, 3.8) is 0 Å². The molecule has 5 aliphatic carbocycles. The van der Waals surface area contributed by atoms with E-state index in [1.165, 1.54) is 57.8 Å². The van der Waals surface area contributed by atoms with Crippen molar-refractivity contribution in [2.24, 2.45) is 56.7 Å². The molecule has 5 aliphatic rings. The Bertz CT molecular complexity index is 765. The van der Waals surface area contributed by atoms with Gasteiger partial charge in [-0.25, -0.2) is 0 Å². The fraction of sp³-hybridized carbons (Fsp3) is 1.00. The maximum absolute atomic E-state index is 11.0. The van der Waals surface area contributed by atoms with Gasteiger partial charge in [0.05, 0.1) is 11.7 Å². The molecule has 0 saturated heterocycles. The third-order valence-electron chi connectivity index (χ3n) is 13.8. The van der Waals surface area contributed by atoms with Gasteiger partial charge in [-0.3, -0.25) is 0 Å². The molecule has 0 amide bonds. The molecule has 5 saturated carbocycles. The summed E-state index contributed by atoms with van der Waals surface area (Å²) in [5.41, 5.74) is 1.07. The van der Waals surface area contributed by atoms with E-state index in [1.54, 1.807) is 0 Å². The highest BCUT2D eigenvalue weighted by molar-refractivity contribution is 5.19. The summed E-state index contributed by atoms with van der Waals surface area (Å²) in [5.74, 6) is 3.39. The minimum Gasteiger partial charge on any atom is -0.393 e. The summed E-state index contributed by atoms with van der Waals surface area (Å²) in [5, 5.41) is 21.9. The Hall–Kier alpha value is -0.0800. The molecule has 184 valence electrons. The number of fused-ring (bicyclic) bond motifs is 7. The monoisotopic (exact) mass is 444 g/mol. The number of hydrogen-bond acceptors (Lipinski definition) is 2. The molecule has 0 heterocycles. The highest BCUT2D eigenvalue weighted by Gasteiger charge is 2.71. The predicted octanol–water partition coefficient (Wildman–Crippen LogP) is 7.22. The Morgan fingerprint density at radius 1 is 0.625 bits per heavy atom. The molecule has 0 aromatic heterocycles. The average molecular weight is 445 g/mol. The van der Waals surface area contributed by atoms with Crippen molar-refractivity contribution in [1.82, 2.24) is 0 Å². The van der Waals surface area contributed by atoms with Crippen molar-refractivity contribution in [3.8, 4) is 0 Å². The highest BCUT2D eigenvalue weighted by atomic mass is 16.3. The lowest BCUT2D eigenvalue weighted by Gasteiger charge is -2.73. The molecular weight excluding hydrogens is 392 g/mol. The lowest BCUT2D eigenvalue weighted by atomic mass is 9.32. The van der Waals surface area contributed by atoms with Crippen LogP contribution in [0.4, 0.5) is 0 Å². The van der Waals surface area contributed by atoms with Crippen LogP contribution in [0.5, 0.6) is 0 Å². The maximum Gasteiger partial charge on any atom is 0.0622 e. The van der Waals surface area contributed by atoms with Gasteiger partial charge in [-0.2, -0.15) is 0 Å². The van der Waals surface area contributed by atoms with Gasteiger partial charge in [-0.1, -0.05) is 41.5 Å². The average Bonchev–Trinajstić information content (AvgIpc) is 3.03. The van der Waals surface area contributed by atoms with Gasteiger partial charge in [0.15, 0.2) is 0 Å². The Balaban J connectivity index is 1.51. The van der Waals surface area contributed by atoms with Crippen LogP contribution in [0, 0.1) is 56.7 Å². The molecule has 0 radical (unpaired) electrons. The fourth-order valence-electron chi connectivity index (χ4n) is 12.0. The Morgan fingerprint density at radius 2 is 1.16 bits per heavy atom. The summed E-state index contributed by atoms with van der Waals surface area (Å²) in [6.45, 7) is 19.5. The predicted molar refractivity (Wildman–Crippen MR) is 132 cm³/mol. The van der Waals surface area contributed by atoms with Crippen molar-refractivity contribution < 1.29 is 10.2 Å². The second-order valence-corrected chi connectivity index (χ2v) is 15.4. The summed E-state index contributed by atoms with van der Waals surface area (Å²) >= 11 is 0. The molecule has 32 heavy (non-hydrogen) atoms. The van der Waals surface area contributed by atoms with E-state index < -0.39 is 5.60 Å². The van der Waals surface area contributed by atoms with E-state index in [0.717, 1.165) is 18.3 Å². The minimum absolute atomic E-state index is 0.0428. The van der Waals surface area contributed by atoms with Crippen LogP contribution >= 0.6 is 0 Å². The first-order chi connectivity index (χ1) is 14.6. The van der Waals surface area contributed by atoms with Gasteiger partial charge in [0.25, 0.3) is 0 Å². The number of hydrogen-bond donors (Lipinski definition) is 2. The zero-order valence-electron chi connectivity index (χ0n) is 22.4. The standard InChI is InChI=1S/C30H52O2/c1-25(2)21-13-18-30(8)23(28(21,6)16-14-24(25)31)10-9-22-27(5)15-11-19(26(3,4)32)20(27)12-17-29(22,30)7/h19-24,31-32H,9-18H2,1-8H3. The van der Waals surface area contributed by atoms with Gasteiger partial charge in [0.1, 0.15) is 0 Å². The SMILES string of the molecule is CC(C)(O)C1CCC2(C)C1CCC1(C)C2CCC2C3(C)CCC(O)C(C)(C)C3CCC21C.